The topological polar surface area (TPSA) is 20.2 Å². The highest BCUT2D eigenvalue weighted by atomic mass is 16.3. The summed E-state index contributed by atoms with van der Waals surface area (Å²) in [6, 6.07) is 8.78. The van der Waals surface area contributed by atoms with E-state index in [1.807, 2.05) is 6.92 Å². The number of benzene rings is 1. The van der Waals surface area contributed by atoms with Gasteiger partial charge in [0.2, 0.25) is 0 Å². The molecule has 0 heterocycles. The summed E-state index contributed by atoms with van der Waals surface area (Å²) in [6.07, 6.45) is 17.5. The Hall–Kier alpha value is -0.820. The Balaban J connectivity index is 1.62. The molecule has 142 valence electrons. The maximum absolute atomic E-state index is 9.93. The van der Waals surface area contributed by atoms with Crippen molar-refractivity contribution in [3.8, 4) is 0 Å². The molecule has 0 spiro atoms. The Morgan fingerprint density at radius 3 is 2.04 bits per heavy atom. The van der Waals surface area contributed by atoms with Crippen molar-refractivity contribution < 1.29 is 5.11 Å². The van der Waals surface area contributed by atoms with Crippen LogP contribution in [0.15, 0.2) is 24.3 Å². The molecule has 25 heavy (non-hydrogen) atoms. The standard InChI is InChI=1S/C24H40O/c1-3-5-6-7-8-9-10-11-20-12-14-21(15-13-20)22-16-18-23(19-17-22)24(25)4-2/h16-21,24-25H,3-15H2,1-2H3. The van der Waals surface area contributed by atoms with Gasteiger partial charge in [0, 0.05) is 0 Å². The highest BCUT2D eigenvalue weighted by molar-refractivity contribution is 5.27. The van der Waals surface area contributed by atoms with E-state index < -0.39 is 0 Å². The van der Waals surface area contributed by atoms with Crippen LogP contribution in [0, 0.1) is 5.92 Å². The summed E-state index contributed by atoms with van der Waals surface area (Å²) in [5.41, 5.74) is 2.56. The summed E-state index contributed by atoms with van der Waals surface area (Å²) >= 11 is 0. The average Bonchev–Trinajstić information content (AvgIpc) is 2.67. The van der Waals surface area contributed by atoms with Gasteiger partial charge in [0.15, 0.2) is 0 Å². The Morgan fingerprint density at radius 1 is 0.840 bits per heavy atom. The molecule has 1 fully saturated rings. The number of aliphatic hydroxyl groups excluding tert-OH is 1. The minimum absolute atomic E-state index is 0.299. The molecular formula is C24H40O. The summed E-state index contributed by atoms with van der Waals surface area (Å²) in [5.74, 6) is 1.73. The van der Waals surface area contributed by atoms with Gasteiger partial charge >= 0.3 is 0 Å². The van der Waals surface area contributed by atoms with Crippen molar-refractivity contribution in [3.63, 3.8) is 0 Å². The molecule has 1 aliphatic rings. The Morgan fingerprint density at radius 2 is 1.44 bits per heavy atom. The lowest BCUT2D eigenvalue weighted by atomic mass is 9.77. The van der Waals surface area contributed by atoms with Crippen LogP contribution >= 0.6 is 0 Å². The second-order valence-electron chi connectivity index (χ2n) is 8.22. The van der Waals surface area contributed by atoms with Crippen LogP contribution in [0.2, 0.25) is 0 Å². The van der Waals surface area contributed by atoms with Gasteiger partial charge < -0.3 is 5.11 Å². The second kappa shape index (κ2) is 11.7. The van der Waals surface area contributed by atoms with E-state index in [1.165, 1.54) is 82.6 Å². The number of unbranched alkanes of at least 4 members (excludes halogenated alkanes) is 6. The van der Waals surface area contributed by atoms with Gasteiger partial charge in [-0.2, -0.15) is 0 Å². The van der Waals surface area contributed by atoms with E-state index >= 15 is 0 Å². The fourth-order valence-corrected chi connectivity index (χ4v) is 4.40. The fraction of sp³-hybridized carbons (Fsp3) is 0.750. The van der Waals surface area contributed by atoms with E-state index in [2.05, 4.69) is 31.2 Å². The minimum atomic E-state index is -0.299. The van der Waals surface area contributed by atoms with Gasteiger partial charge in [-0.25, -0.2) is 0 Å². The number of aliphatic hydroxyl groups is 1. The van der Waals surface area contributed by atoms with Crippen LogP contribution in [0.25, 0.3) is 0 Å². The maximum Gasteiger partial charge on any atom is 0.0787 e. The van der Waals surface area contributed by atoms with Gasteiger partial charge in [-0.05, 0) is 55.1 Å². The number of hydrogen-bond acceptors (Lipinski definition) is 1. The van der Waals surface area contributed by atoms with Gasteiger partial charge in [-0.3, -0.25) is 0 Å². The molecule has 1 atom stereocenters. The Bertz CT molecular complexity index is 442. The van der Waals surface area contributed by atoms with Gasteiger partial charge in [-0.15, -0.1) is 0 Å². The molecule has 1 aliphatic carbocycles. The van der Waals surface area contributed by atoms with Gasteiger partial charge in [0.25, 0.3) is 0 Å². The minimum Gasteiger partial charge on any atom is -0.388 e. The molecule has 0 aliphatic heterocycles. The average molecular weight is 345 g/mol. The lowest BCUT2D eigenvalue weighted by Crippen LogP contribution is -2.13. The van der Waals surface area contributed by atoms with Crippen molar-refractivity contribution in [2.45, 2.75) is 109 Å². The molecule has 1 saturated carbocycles. The first kappa shape index (κ1) is 20.5. The second-order valence-corrected chi connectivity index (χ2v) is 8.22. The van der Waals surface area contributed by atoms with Crippen LogP contribution in [0.5, 0.6) is 0 Å². The molecule has 1 unspecified atom stereocenters. The quantitative estimate of drug-likeness (QED) is 0.411. The van der Waals surface area contributed by atoms with Crippen LogP contribution in [0.3, 0.4) is 0 Å². The van der Waals surface area contributed by atoms with Crippen molar-refractivity contribution in [3.05, 3.63) is 35.4 Å². The molecule has 1 heteroatoms. The van der Waals surface area contributed by atoms with E-state index in [-0.39, 0.29) is 6.10 Å². The van der Waals surface area contributed by atoms with E-state index in [1.54, 1.807) is 0 Å². The fourth-order valence-electron chi connectivity index (χ4n) is 4.40. The molecule has 0 saturated heterocycles. The third-order valence-corrected chi connectivity index (χ3v) is 6.24. The number of hydrogen-bond donors (Lipinski definition) is 1. The summed E-state index contributed by atoms with van der Waals surface area (Å²) < 4.78 is 0. The largest absolute Gasteiger partial charge is 0.388 e. The molecule has 0 bridgehead atoms. The van der Waals surface area contributed by atoms with Gasteiger partial charge in [0.1, 0.15) is 0 Å². The molecule has 1 aromatic rings. The third-order valence-electron chi connectivity index (χ3n) is 6.24. The van der Waals surface area contributed by atoms with Gasteiger partial charge in [0.05, 0.1) is 6.10 Å². The molecule has 0 aromatic heterocycles. The zero-order valence-electron chi connectivity index (χ0n) is 16.7. The first-order chi connectivity index (χ1) is 12.2. The van der Waals surface area contributed by atoms with Crippen molar-refractivity contribution in [1.29, 1.82) is 0 Å². The highest BCUT2D eigenvalue weighted by Crippen LogP contribution is 2.38. The van der Waals surface area contributed by atoms with Crippen molar-refractivity contribution in [1.82, 2.24) is 0 Å². The van der Waals surface area contributed by atoms with Crippen molar-refractivity contribution >= 4 is 0 Å². The summed E-state index contributed by atoms with van der Waals surface area (Å²) in [5, 5.41) is 9.93. The number of rotatable bonds is 11. The molecule has 1 nitrogen and oxygen atoms in total. The molecule has 0 amide bonds. The third kappa shape index (κ3) is 7.13. The smallest absolute Gasteiger partial charge is 0.0787 e. The predicted molar refractivity (Wildman–Crippen MR) is 109 cm³/mol. The summed E-state index contributed by atoms with van der Waals surface area (Å²) in [6.45, 7) is 4.32. The van der Waals surface area contributed by atoms with Crippen molar-refractivity contribution in [2.75, 3.05) is 0 Å². The molecule has 0 radical (unpaired) electrons. The molecule has 1 N–H and O–H groups in total. The van der Waals surface area contributed by atoms with E-state index in [4.69, 9.17) is 0 Å². The lowest BCUT2D eigenvalue weighted by molar-refractivity contribution is 0.173. The Kier molecular flexibility index (Phi) is 9.61. The summed E-state index contributed by atoms with van der Waals surface area (Å²) in [7, 11) is 0. The highest BCUT2D eigenvalue weighted by Gasteiger charge is 2.22. The molecular weight excluding hydrogens is 304 g/mol. The zero-order chi connectivity index (χ0) is 17.9. The predicted octanol–water partition coefficient (Wildman–Crippen LogP) is 7.54. The van der Waals surface area contributed by atoms with Crippen LogP contribution < -0.4 is 0 Å². The van der Waals surface area contributed by atoms with Crippen molar-refractivity contribution in [2.24, 2.45) is 5.92 Å². The van der Waals surface area contributed by atoms with E-state index in [0.29, 0.717) is 0 Å². The van der Waals surface area contributed by atoms with Crippen LogP contribution in [0.4, 0.5) is 0 Å². The molecule has 2 rings (SSSR count). The SMILES string of the molecule is CCCCCCCCCC1CCC(c2ccc(C(O)CC)cc2)CC1. The first-order valence-corrected chi connectivity index (χ1v) is 11.0. The zero-order valence-corrected chi connectivity index (χ0v) is 16.7. The first-order valence-electron chi connectivity index (χ1n) is 11.0. The maximum atomic E-state index is 9.93. The summed E-state index contributed by atoms with van der Waals surface area (Å²) in [4.78, 5) is 0. The molecule has 1 aromatic carbocycles. The monoisotopic (exact) mass is 344 g/mol. The van der Waals surface area contributed by atoms with Crippen LogP contribution in [-0.4, -0.2) is 5.11 Å². The lowest BCUT2D eigenvalue weighted by Gasteiger charge is -2.29. The van der Waals surface area contributed by atoms with Crippen LogP contribution in [0.1, 0.15) is 120 Å². The normalized spacial score (nSPS) is 22.0. The van der Waals surface area contributed by atoms with E-state index in [0.717, 1.165) is 23.8 Å². The Labute approximate surface area is 156 Å². The van der Waals surface area contributed by atoms with Crippen LogP contribution in [-0.2, 0) is 0 Å². The van der Waals surface area contributed by atoms with E-state index in [9.17, 15) is 5.11 Å². The van der Waals surface area contributed by atoms with Gasteiger partial charge in [-0.1, -0.05) is 89.5 Å².